The molecule has 0 bridgehead atoms. The van der Waals surface area contributed by atoms with Crippen LogP contribution in [0.3, 0.4) is 0 Å². The molecule has 4 aromatic rings. The molecule has 0 atom stereocenters. The summed E-state index contributed by atoms with van der Waals surface area (Å²) in [5.74, 6) is 0. The van der Waals surface area contributed by atoms with Gasteiger partial charge >= 0.3 is 0 Å². The lowest BCUT2D eigenvalue weighted by molar-refractivity contribution is 1.30. The third kappa shape index (κ3) is 1.99. The van der Waals surface area contributed by atoms with Gasteiger partial charge in [-0.25, -0.2) is 0 Å². The van der Waals surface area contributed by atoms with E-state index in [0.717, 1.165) is 22.5 Å². The molecule has 0 aliphatic heterocycles. The van der Waals surface area contributed by atoms with Crippen LogP contribution in [-0.4, -0.2) is 15.0 Å². The van der Waals surface area contributed by atoms with Crippen molar-refractivity contribution < 1.29 is 0 Å². The third-order valence-electron chi connectivity index (χ3n) is 3.65. The van der Waals surface area contributed by atoms with E-state index in [-0.39, 0.29) is 0 Å². The first-order valence-corrected chi connectivity index (χ1v) is 6.85. The van der Waals surface area contributed by atoms with E-state index in [1.807, 2.05) is 49.1 Å². The van der Waals surface area contributed by atoms with Gasteiger partial charge in [-0.15, -0.1) is 0 Å². The summed E-state index contributed by atoms with van der Waals surface area (Å²) in [6, 6.07) is 16.5. The largest absolute Gasteiger partial charge is 0.354 e. The smallest absolute Gasteiger partial charge is 0.0539 e. The highest BCUT2D eigenvalue weighted by atomic mass is 14.7. The van der Waals surface area contributed by atoms with Gasteiger partial charge in [0, 0.05) is 46.7 Å². The number of benzene rings is 1. The van der Waals surface area contributed by atoms with E-state index in [9.17, 15) is 0 Å². The first-order valence-electron chi connectivity index (χ1n) is 6.85. The number of aromatic amines is 1. The number of aromatic nitrogens is 3. The van der Waals surface area contributed by atoms with Crippen molar-refractivity contribution in [2.45, 2.75) is 0 Å². The Bertz CT molecular complexity index is 807. The second-order valence-electron chi connectivity index (χ2n) is 4.89. The van der Waals surface area contributed by atoms with Crippen molar-refractivity contribution in [3.05, 3.63) is 73.3 Å². The molecule has 0 amide bonds. The maximum absolute atomic E-state index is 4.09. The normalized spacial score (nSPS) is 10.9. The molecule has 0 saturated carbocycles. The molecule has 1 aromatic carbocycles. The van der Waals surface area contributed by atoms with Crippen LogP contribution in [0.15, 0.2) is 73.3 Å². The summed E-state index contributed by atoms with van der Waals surface area (Å²) in [6.07, 6.45) is 7.27. The van der Waals surface area contributed by atoms with E-state index in [0.29, 0.717) is 0 Å². The zero-order valence-electron chi connectivity index (χ0n) is 11.3. The molecule has 3 heterocycles. The standard InChI is InChI=1S/C18H13N3/c1-2-4-16-15(3-1)17(13-5-9-19-10-6-13)21-18(16)14-7-11-20-12-8-14/h1-12,21H. The highest BCUT2D eigenvalue weighted by Gasteiger charge is 2.12. The molecule has 0 aliphatic rings. The number of hydrogen-bond acceptors (Lipinski definition) is 2. The maximum atomic E-state index is 4.09. The number of nitrogens with zero attached hydrogens (tertiary/aromatic N) is 2. The van der Waals surface area contributed by atoms with Gasteiger partial charge in [0.1, 0.15) is 0 Å². The van der Waals surface area contributed by atoms with Gasteiger partial charge in [0.15, 0.2) is 0 Å². The van der Waals surface area contributed by atoms with Crippen molar-refractivity contribution in [3.63, 3.8) is 0 Å². The van der Waals surface area contributed by atoms with E-state index < -0.39 is 0 Å². The molecular weight excluding hydrogens is 258 g/mol. The van der Waals surface area contributed by atoms with Gasteiger partial charge in [-0.2, -0.15) is 0 Å². The second-order valence-corrected chi connectivity index (χ2v) is 4.89. The van der Waals surface area contributed by atoms with Gasteiger partial charge in [-0.3, -0.25) is 9.97 Å². The van der Waals surface area contributed by atoms with E-state index >= 15 is 0 Å². The summed E-state index contributed by atoms with van der Waals surface area (Å²) in [5.41, 5.74) is 4.53. The van der Waals surface area contributed by atoms with Crippen molar-refractivity contribution in [1.29, 1.82) is 0 Å². The van der Waals surface area contributed by atoms with Crippen LogP contribution in [0.1, 0.15) is 0 Å². The molecule has 0 radical (unpaired) electrons. The van der Waals surface area contributed by atoms with Crippen LogP contribution in [0.4, 0.5) is 0 Å². The molecule has 100 valence electrons. The van der Waals surface area contributed by atoms with Crippen molar-refractivity contribution in [2.75, 3.05) is 0 Å². The molecule has 0 saturated heterocycles. The average molecular weight is 271 g/mol. The average Bonchev–Trinajstić information content (AvgIpc) is 2.96. The molecule has 0 aliphatic carbocycles. The first-order chi connectivity index (χ1) is 10.4. The highest BCUT2D eigenvalue weighted by Crippen LogP contribution is 2.35. The van der Waals surface area contributed by atoms with Crippen LogP contribution in [-0.2, 0) is 0 Å². The number of nitrogens with one attached hydrogen (secondary N) is 1. The molecule has 3 heteroatoms. The quantitative estimate of drug-likeness (QED) is 0.591. The number of pyridine rings is 2. The van der Waals surface area contributed by atoms with Crippen molar-refractivity contribution in [3.8, 4) is 22.5 Å². The lowest BCUT2D eigenvalue weighted by Gasteiger charge is -1.99. The highest BCUT2D eigenvalue weighted by molar-refractivity contribution is 6.04. The molecule has 0 unspecified atom stereocenters. The van der Waals surface area contributed by atoms with E-state index in [1.165, 1.54) is 10.8 Å². The number of rotatable bonds is 2. The Morgan fingerprint density at radius 3 is 1.43 bits per heavy atom. The minimum absolute atomic E-state index is 1.12. The second kappa shape index (κ2) is 4.87. The van der Waals surface area contributed by atoms with E-state index in [4.69, 9.17) is 0 Å². The van der Waals surface area contributed by atoms with Gasteiger partial charge in [0.05, 0.1) is 11.4 Å². The zero-order valence-corrected chi connectivity index (χ0v) is 11.3. The van der Waals surface area contributed by atoms with Crippen molar-refractivity contribution >= 4 is 10.8 Å². The Hall–Kier alpha value is -2.94. The Morgan fingerprint density at radius 1 is 0.571 bits per heavy atom. The SMILES string of the molecule is c1ccc2c(-c3ccncc3)[nH]c(-c3ccncc3)c2c1. The van der Waals surface area contributed by atoms with Gasteiger partial charge in [-0.05, 0) is 24.3 Å². The Morgan fingerprint density at radius 2 is 1.00 bits per heavy atom. The fourth-order valence-electron chi connectivity index (χ4n) is 2.67. The van der Waals surface area contributed by atoms with Crippen LogP contribution in [0.2, 0.25) is 0 Å². The fourth-order valence-corrected chi connectivity index (χ4v) is 2.67. The van der Waals surface area contributed by atoms with Crippen LogP contribution in [0.5, 0.6) is 0 Å². The predicted molar refractivity (Wildman–Crippen MR) is 84.8 cm³/mol. The zero-order chi connectivity index (χ0) is 14.1. The summed E-state index contributed by atoms with van der Waals surface area (Å²) >= 11 is 0. The monoisotopic (exact) mass is 271 g/mol. The molecular formula is C18H13N3. The molecule has 21 heavy (non-hydrogen) atoms. The topological polar surface area (TPSA) is 41.6 Å². The summed E-state index contributed by atoms with van der Waals surface area (Å²) in [5, 5.41) is 2.44. The first kappa shape index (κ1) is 11.9. The molecule has 4 rings (SSSR count). The molecule has 3 aromatic heterocycles. The van der Waals surface area contributed by atoms with Crippen LogP contribution in [0.25, 0.3) is 33.3 Å². The maximum Gasteiger partial charge on any atom is 0.0539 e. The van der Waals surface area contributed by atoms with Gasteiger partial charge in [0.25, 0.3) is 0 Å². The summed E-state index contributed by atoms with van der Waals surface area (Å²) in [6.45, 7) is 0. The minimum atomic E-state index is 1.12. The predicted octanol–water partition coefficient (Wildman–Crippen LogP) is 4.29. The lowest BCUT2D eigenvalue weighted by Crippen LogP contribution is -1.81. The van der Waals surface area contributed by atoms with Gasteiger partial charge in [0.2, 0.25) is 0 Å². The van der Waals surface area contributed by atoms with Crippen molar-refractivity contribution in [1.82, 2.24) is 15.0 Å². The van der Waals surface area contributed by atoms with Crippen LogP contribution >= 0.6 is 0 Å². The van der Waals surface area contributed by atoms with Gasteiger partial charge in [-0.1, -0.05) is 24.3 Å². The van der Waals surface area contributed by atoms with Crippen LogP contribution in [0, 0.1) is 0 Å². The van der Waals surface area contributed by atoms with Crippen molar-refractivity contribution in [2.24, 2.45) is 0 Å². The van der Waals surface area contributed by atoms with Gasteiger partial charge < -0.3 is 4.98 Å². The lowest BCUT2D eigenvalue weighted by atomic mass is 10.1. The molecule has 1 N–H and O–H groups in total. The van der Waals surface area contributed by atoms with E-state index in [1.54, 1.807) is 0 Å². The summed E-state index contributed by atoms with van der Waals surface area (Å²) in [7, 11) is 0. The number of fused-ring (bicyclic) bond motifs is 1. The Balaban J connectivity index is 2.02. The fraction of sp³-hybridized carbons (Fsp3) is 0. The van der Waals surface area contributed by atoms with Crippen LogP contribution < -0.4 is 0 Å². The Labute approximate surface area is 122 Å². The summed E-state index contributed by atoms with van der Waals surface area (Å²) in [4.78, 5) is 11.8. The molecule has 0 fully saturated rings. The number of H-pyrrole nitrogens is 1. The number of hydrogen-bond donors (Lipinski definition) is 1. The minimum Gasteiger partial charge on any atom is -0.354 e. The third-order valence-corrected chi connectivity index (χ3v) is 3.65. The molecule has 0 spiro atoms. The molecule has 3 nitrogen and oxygen atoms in total. The van der Waals surface area contributed by atoms with E-state index in [2.05, 4.69) is 39.2 Å². The Kier molecular flexibility index (Phi) is 2.75. The summed E-state index contributed by atoms with van der Waals surface area (Å²) < 4.78 is 0.